The third-order valence-electron chi connectivity index (χ3n) is 6.05. The third-order valence-corrected chi connectivity index (χ3v) is 6.05. The van der Waals surface area contributed by atoms with Crippen molar-refractivity contribution in [2.75, 3.05) is 6.54 Å². The Morgan fingerprint density at radius 2 is 2.11 bits per heavy atom. The maximum absolute atomic E-state index is 12.7. The standard InChI is InChI=1S/C19H27N5O3/c1-2-17(25)20-11-18(26)24-13-6-7-16(24)14(10-13)21-19(27)15-9-12-5-3-4-8-23(12)22-15/h9,13-14,16H,2-8,10-11H2,1H3,(H,20,25)(H,21,27)/t13-,14+,16+/m1/s1. The van der Waals surface area contributed by atoms with Crippen molar-refractivity contribution in [3.8, 4) is 0 Å². The summed E-state index contributed by atoms with van der Waals surface area (Å²) < 4.78 is 1.94. The molecule has 2 saturated heterocycles. The zero-order chi connectivity index (χ0) is 19.0. The van der Waals surface area contributed by atoms with E-state index in [0.717, 1.165) is 50.8 Å². The fourth-order valence-electron chi connectivity index (χ4n) is 4.69. The first-order chi connectivity index (χ1) is 13.1. The van der Waals surface area contributed by atoms with Gasteiger partial charge in [0.05, 0.1) is 18.6 Å². The molecule has 3 amide bonds. The van der Waals surface area contributed by atoms with E-state index in [1.54, 1.807) is 6.92 Å². The second-order valence-electron chi connectivity index (χ2n) is 7.75. The molecule has 1 aromatic rings. The van der Waals surface area contributed by atoms with Crippen molar-refractivity contribution in [1.82, 2.24) is 25.3 Å². The third kappa shape index (κ3) is 3.44. The van der Waals surface area contributed by atoms with Crippen LogP contribution in [0.2, 0.25) is 0 Å². The molecule has 8 heteroatoms. The molecule has 27 heavy (non-hydrogen) atoms. The van der Waals surface area contributed by atoms with Crippen LogP contribution < -0.4 is 10.6 Å². The number of aromatic nitrogens is 2. The number of nitrogens with zero attached hydrogens (tertiary/aromatic N) is 3. The highest BCUT2D eigenvalue weighted by molar-refractivity contribution is 5.93. The second kappa shape index (κ2) is 7.32. The van der Waals surface area contributed by atoms with E-state index in [-0.39, 0.29) is 42.4 Å². The molecule has 146 valence electrons. The molecule has 0 aromatic carbocycles. The first kappa shape index (κ1) is 18.0. The number of nitrogens with one attached hydrogen (secondary N) is 2. The van der Waals surface area contributed by atoms with Crippen molar-refractivity contribution in [1.29, 1.82) is 0 Å². The van der Waals surface area contributed by atoms with Gasteiger partial charge in [-0.15, -0.1) is 0 Å². The summed E-state index contributed by atoms with van der Waals surface area (Å²) in [5, 5.41) is 10.2. The summed E-state index contributed by atoms with van der Waals surface area (Å²) in [6, 6.07) is 2.02. The van der Waals surface area contributed by atoms with Gasteiger partial charge in [-0.3, -0.25) is 19.1 Å². The fourth-order valence-corrected chi connectivity index (χ4v) is 4.69. The molecular weight excluding hydrogens is 346 g/mol. The monoisotopic (exact) mass is 373 g/mol. The van der Waals surface area contributed by atoms with Gasteiger partial charge in [0, 0.05) is 24.7 Å². The molecule has 2 bridgehead atoms. The van der Waals surface area contributed by atoms with Crippen LogP contribution in [0, 0.1) is 0 Å². The van der Waals surface area contributed by atoms with Crippen molar-refractivity contribution < 1.29 is 14.4 Å². The zero-order valence-electron chi connectivity index (χ0n) is 15.7. The maximum Gasteiger partial charge on any atom is 0.272 e. The minimum Gasteiger partial charge on any atom is -0.347 e. The molecule has 0 radical (unpaired) electrons. The van der Waals surface area contributed by atoms with Crippen LogP contribution >= 0.6 is 0 Å². The van der Waals surface area contributed by atoms with Gasteiger partial charge in [-0.05, 0) is 44.6 Å². The molecule has 4 heterocycles. The smallest absolute Gasteiger partial charge is 0.272 e. The van der Waals surface area contributed by atoms with E-state index in [0.29, 0.717) is 12.1 Å². The molecule has 3 atom stereocenters. The Morgan fingerprint density at radius 3 is 2.89 bits per heavy atom. The van der Waals surface area contributed by atoms with Crippen molar-refractivity contribution in [3.63, 3.8) is 0 Å². The second-order valence-corrected chi connectivity index (χ2v) is 7.75. The van der Waals surface area contributed by atoms with Crippen LogP contribution in [-0.4, -0.2) is 57.1 Å². The van der Waals surface area contributed by atoms with Crippen LogP contribution in [0.3, 0.4) is 0 Å². The van der Waals surface area contributed by atoms with Gasteiger partial charge in [-0.1, -0.05) is 6.92 Å². The van der Waals surface area contributed by atoms with Crippen LogP contribution in [0.5, 0.6) is 0 Å². The predicted octanol–water partition coefficient (Wildman–Crippen LogP) is 0.607. The van der Waals surface area contributed by atoms with Gasteiger partial charge in [0.15, 0.2) is 0 Å². The largest absolute Gasteiger partial charge is 0.347 e. The molecule has 4 rings (SSSR count). The summed E-state index contributed by atoms with van der Waals surface area (Å²) in [4.78, 5) is 38.5. The molecule has 0 aliphatic carbocycles. The van der Waals surface area contributed by atoms with Crippen LogP contribution in [0.25, 0.3) is 0 Å². The van der Waals surface area contributed by atoms with E-state index in [1.807, 2.05) is 15.6 Å². The molecule has 1 aromatic heterocycles. The summed E-state index contributed by atoms with van der Waals surface area (Å²) in [6.07, 6.45) is 6.22. The van der Waals surface area contributed by atoms with Gasteiger partial charge in [-0.2, -0.15) is 5.10 Å². The van der Waals surface area contributed by atoms with Crippen molar-refractivity contribution in [2.45, 2.75) is 76.5 Å². The molecule has 0 saturated carbocycles. The lowest BCUT2D eigenvalue weighted by molar-refractivity contribution is -0.133. The lowest BCUT2D eigenvalue weighted by Gasteiger charge is -2.25. The number of hydrogen-bond donors (Lipinski definition) is 2. The average molecular weight is 373 g/mol. The SMILES string of the molecule is CCC(=O)NCC(=O)N1[C@@H]2CC[C@H]1[C@@H](NC(=O)c1cc3n(n1)CCCC3)C2. The predicted molar refractivity (Wildman–Crippen MR) is 98.0 cm³/mol. The number of aryl methyl sites for hydroxylation is 2. The fraction of sp³-hybridized carbons (Fsp3) is 0.684. The summed E-state index contributed by atoms with van der Waals surface area (Å²) >= 11 is 0. The van der Waals surface area contributed by atoms with E-state index in [4.69, 9.17) is 0 Å². The Labute approximate surface area is 158 Å². The maximum atomic E-state index is 12.7. The average Bonchev–Trinajstić information content (AvgIpc) is 3.37. The van der Waals surface area contributed by atoms with E-state index >= 15 is 0 Å². The number of carbonyl (C=O) groups is 3. The Morgan fingerprint density at radius 1 is 1.26 bits per heavy atom. The molecule has 3 aliphatic heterocycles. The number of hydrogen-bond acceptors (Lipinski definition) is 4. The summed E-state index contributed by atoms with van der Waals surface area (Å²) in [6.45, 7) is 2.68. The highest BCUT2D eigenvalue weighted by atomic mass is 16.2. The van der Waals surface area contributed by atoms with Crippen molar-refractivity contribution in [3.05, 3.63) is 17.5 Å². The van der Waals surface area contributed by atoms with E-state index in [1.165, 1.54) is 0 Å². The summed E-state index contributed by atoms with van der Waals surface area (Å²) in [7, 11) is 0. The molecule has 8 nitrogen and oxygen atoms in total. The van der Waals surface area contributed by atoms with Gasteiger partial charge in [0.1, 0.15) is 5.69 Å². The van der Waals surface area contributed by atoms with Gasteiger partial charge < -0.3 is 15.5 Å². The lowest BCUT2D eigenvalue weighted by Crippen LogP contribution is -2.47. The molecule has 0 spiro atoms. The Bertz CT molecular complexity index is 735. The molecular formula is C19H27N5O3. The highest BCUT2D eigenvalue weighted by Gasteiger charge is 2.48. The van der Waals surface area contributed by atoms with E-state index in [9.17, 15) is 14.4 Å². The van der Waals surface area contributed by atoms with Crippen molar-refractivity contribution in [2.24, 2.45) is 0 Å². The van der Waals surface area contributed by atoms with Crippen LogP contribution in [0.15, 0.2) is 6.07 Å². The quantitative estimate of drug-likeness (QED) is 0.790. The minimum atomic E-state index is -0.152. The minimum absolute atomic E-state index is 0.0159. The van der Waals surface area contributed by atoms with Gasteiger partial charge in [0.2, 0.25) is 11.8 Å². The topological polar surface area (TPSA) is 96.3 Å². The van der Waals surface area contributed by atoms with Crippen molar-refractivity contribution >= 4 is 17.7 Å². The molecule has 0 unspecified atom stereocenters. The Hall–Kier alpha value is -2.38. The van der Waals surface area contributed by atoms with Gasteiger partial charge in [-0.25, -0.2) is 0 Å². The first-order valence-corrected chi connectivity index (χ1v) is 10.0. The van der Waals surface area contributed by atoms with E-state index in [2.05, 4.69) is 15.7 Å². The summed E-state index contributed by atoms with van der Waals surface area (Å²) in [5.74, 6) is -0.330. The van der Waals surface area contributed by atoms with Crippen LogP contribution in [0.4, 0.5) is 0 Å². The number of rotatable bonds is 5. The normalized spacial score (nSPS) is 26.0. The number of carbonyl (C=O) groups excluding carboxylic acids is 3. The van der Waals surface area contributed by atoms with Crippen LogP contribution in [0.1, 0.15) is 61.6 Å². The van der Waals surface area contributed by atoms with E-state index < -0.39 is 0 Å². The zero-order valence-corrected chi connectivity index (χ0v) is 15.7. The van der Waals surface area contributed by atoms with Gasteiger partial charge in [0.25, 0.3) is 5.91 Å². The molecule has 3 aliphatic rings. The highest BCUT2D eigenvalue weighted by Crippen LogP contribution is 2.37. The van der Waals surface area contributed by atoms with Crippen LogP contribution in [-0.2, 0) is 22.6 Å². The molecule has 2 N–H and O–H groups in total. The molecule has 2 fully saturated rings. The summed E-state index contributed by atoms with van der Waals surface area (Å²) in [5.41, 5.74) is 1.60. The van der Waals surface area contributed by atoms with Gasteiger partial charge >= 0.3 is 0 Å². The number of fused-ring (bicyclic) bond motifs is 3. The Balaban J connectivity index is 1.38. The Kier molecular flexibility index (Phi) is 4.88. The first-order valence-electron chi connectivity index (χ1n) is 10.0. The number of amides is 3. The lowest BCUT2D eigenvalue weighted by atomic mass is 9.95.